The molecule has 1 unspecified atom stereocenters. The van der Waals surface area contributed by atoms with Gasteiger partial charge in [0.25, 0.3) is 0 Å². The second-order valence-corrected chi connectivity index (χ2v) is 4.82. The molecule has 0 bridgehead atoms. The molecule has 0 saturated heterocycles. The first-order chi connectivity index (χ1) is 9.24. The van der Waals surface area contributed by atoms with Gasteiger partial charge in [-0.25, -0.2) is 0 Å². The molecule has 3 aromatic rings. The Balaban J connectivity index is 2.03. The molecule has 1 aromatic heterocycles. The van der Waals surface area contributed by atoms with Crippen LogP contribution in [0.5, 0.6) is 0 Å². The van der Waals surface area contributed by atoms with Crippen LogP contribution in [-0.2, 0) is 0 Å². The van der Waals surface area contributed by atoms with Crippen LogP contribution in [0.25, 0.3) is 22.0 Å². The lowest BCUT2D eigenvalue weighted by Gasteiger charge is -2.08. The quantitative estimate of drug-likeness (QED) is 0.746. The number of nitrogens with zero attached hydrogens (tertiary/aromatic N) is 1. The van der Waals surface area contributed by atoms with Gasteiger partial charge in [-0.2, -0.15) is 0 Å². The van der Waals surface area contributed by atoms with Crippen molar-refractivity contribution in [2.75, 3.05) is 0 Å². The first kappa shape index (κ1) is 11.9. The van der Waals surface area contributed by atoms with Crippen LogP contribution in [-0.4, -0.2) is 4.98 Å². The van der Waals surface area contributed by atoms with E-state index in [0.29, 0.717) is 0 Å². The summed E-state index contributed by atoms with van der Waals surface area (Å²) >= 11 is 0. The Morgan fingerprint density at radius 3 is 2.42 bits per heavy atom. The average molecular weight is 248 g/mol. The van der Waals surface area contributed by atoms with Crippen LogP contribution >= 0.6 is 0 Å². The van der Waals surface area contributed by atoms with Crippen LogP contribution in [0.2, 0.25) is 0 Å². The van der Waals surface area contributed by atoms with Gasteiger partial charge in [-0.05, 0) is 41.8 Å². The van der Waals surface area contributed by atoms with Crippen molar-refractivity contribution in [2.45, 2.75) is 13.0 Å². The van der Waals surface area contributed by atoms with Crippen LogP contribution in [0.15, 0.2) is 60.8 Å². The number of fused-ring (bicyclic) bond motifs is 1. The fraction of sp³-hybridized carbons (Fsp3) is 0.118. The van der Waals surface area contributed by atoms with Crippen LogP contribution in [0.4, 0.5) is 0 Å². The van der Waals surface area contributed by atoms with E-state index < -0.39 is 0 Å². The summed E-state index contributed by atoms with van der Waals surface area (Å²) in [5, 5.41) is 1.16. The summed E-state index contributed by atoms with van der Waals surface area (Å²) < 4.78 is 0. The van der Waals surface area contributed by atoms with Gasteiger partial charge < -0.3 is 5.73 Å². The summed E-state index contributed by atoms with van der Waals surface area (Å²) in [5.41, 5.74) is 10.5. The zero-order chi connectivity index (χ0) is 13.2. The number of hydrogen-bond donors (Lipinski definition) is 1. The molecule has 1 atom stereocenters. The van der Waals surface area contributed by atoms with E-state index in [1.54, 1.807) is 0 Å². The molecule has 2 aromatic carbocycles. The third-order valence-corrected chi connectivity index (χ3v) is 3.37. The van der Waals surface area contributed by atoms with Crippen molar-refractivity contribution in [1.82, 2.24) is 4.98 Å². The maximum atomic E-state index is 5.87. The minimum atomic E-state index is 0.0786. The van der Waals surface area contributed by atoms with Gasteiger partial charge in [0.2, 0.25) is 0 Å². The fourth-order valence-electron chi connectivity index (χ4n) is 2.23. The monoisotopic (exact) mass is 248 g/mol. The molecule has 2 heteroatoms. The van der Waals surface area contributed by atoms with Crippen molar-refractivity contribution >= 4 is 10.9 Å². The van der Waals surface area contributed by atoms with Crippen molar-refractivity contribution in [3.63, 3.8) is 0 Å². The predicted molar refractivity (Wildman–Crippen MR) is 79.8 cm³/mol. The Kier molecular flexibility index (Phi) is 3.02. The van der Waals surface area contributed by atoms with Crippen molar-refractivity contribution in [2.24, 2.45) is 5.73 Å². The van der Waals surface area contributed by atoms with Crippen LogP contribution in [0, 0.1) is 0 Å². The largest absolute Gasteiger partial charge is 0.324 e. The fourth-order valence-corrected chi connectivity index (χ4v) is 2.23. The summed E-state index contributed by atoms with van der Waals surface area (Å²) in [4.78, 5) is 4.34. The summed E-state index contributed by atoms with van der Waals surface area (Å²) in [7, 11) is 0. The van der Waals surface area contributed by atoms with E-state index in [4.69, 9.17) is 5.73 Å². The molecule has 0 radical (unpaired) electrons. The number of rotatable bonds is 2. The molecule has 0 aliphatic heterocycles. The number of aromatic nitrogens is 1. The van der Waals surface area contributed by atoms with Crippen molar-refractivity contribution < 1.29 is 0 Å². The number of nitrogens with two attached hydrogens (primary N) is 1. The minimum absolute atomic E-state index is 0.0786. The number of benzene rings is 2. The van der Waals surface area contributed by atoms with Gasteiger partial charge in [0.1, 0.15) is 0 Å². The normalized spacial score (nSPS) is 12.5. The van der Waals surface area contributed by atoms with Gasteiger partial charge in [0.15, 0.2) is 0 Å². The highest BCUT2D eigenvalue weighted by molar-refractivity contribution is 5.84. The number of pyridine rings is 1. The smallest absolute Gasteiger partial charge is 0.0702 e. The molecule has 0 fully saturated rings. The van der Waals surface area contributed by atoms with Crippen LogP contribution < -0.4 is 5.73 Å². The highest BCUT2D eigenvalue weighted by Crippen LogP contribution is 2.24. The predicted octanol–water partition coefficient (Wildman–Crippen LogP) is 3.92. The Hall–Kier alpha value is -2.19. The summed E-state index contributed by atoms with van der Waals surface area (Å²) in [6.45, 7) is 2.00. The van der Waals surface area contributed by atoms with E-state index >= 15 is 0 Å². The second-order valence-electron chi connectivity index (χ2n) is 4.82. The van der Waals surface area contributed by atoms with Gasteiger partial charge in [-0.15, -0.1) is 0 Å². The van der Waals surface area contributed by atoms with E-state index in [1.165, 1.54) is 11.1 Å². The molecule has 94 valence electrons. The van der Waals surface area contributed by atoms with Crippen molar-refractivity contribution in [3.8, 4) is 11.1 Å². The SMILES string of the molecule is CC(N)c1ccc(-c2ccc3ncccc3c2)cc1. The first-order valence-corrected chi connectivity index (χ1v) is 6.45. The van der Waals surface area contributed by atoms with Gasteiger partial charge in [0.05, 0.1) is 5.52 Å². The zero-order valence-corrected chi connectivity index (χ0v) is 10.9. The Morgan fingerprint density at radius 2 is 1.68 bits per heavy atom. The molecule has 2 N–H and O–H groups in total. The lowest BCUT2D eigenvalue weighted by atomic mass is 10.0. The summed E-state index contributed by atoms with van der Waals surface area (Å²) in [6, 6.07) is 18.9. The second kappa shape index (κ2) is 4.82. The molecule has 1 heterocycles. The Morgan fingerprint density at radius 1 is 0.947 bits per heavy atom. The number of hydrogen-bond acceptors (Lipinski definition) is 2. The minimum Gasteiger partial charge on any atom is -0.324 e. The zero-order valence-electron chi connectivity index (χ0n) is 10.9. The molecule has 3 rings (SSSR count). The van der Waals surface area contributed by atoms with E-state index in [1.807, 2.05) is 19.2 Å². The van der Waals surface area contributed by atoms with E-state index in [9.17, 15) is 0 Å². The van der Waals surface area contributed by atoms with Gasteiger partial charge in [0, 0.05) is 17.6 Å². The molecular formula is C17H16N2. The molecule has 0 amide bonds. The summed E-state index contributed by atoms with van der Waals surface area (Å²) in [6.07, 6.45) is 1.82. The third kappa shape index (κ3) is 2.35. The molecule has 0 aliphatic carbocycles. The standard InChI is InChI=1S/C17H16N2/c1-12(18)13-4-6-14(7-5-13)15-8-9-17-16(11-15)3-2-10-19-17/h2-12H,18H2,1H3. The van der Waals surface area contributed by atoms with Crippen LogP contribution in [0.1, 0.15) is 18.5 Å². The van der Waals surface area contributed by atoms with E-state index in [-0.39, 0.29) is 6.04 Å². The van der Waals surface area contributed by atoms with Gasteiger partial charge in [-0.1, -0.05) is 36.4 Å². The Labute approximate surface area is 112 Å². The molecule has 0 saturated carbocycles. The molecule has 2 nitrogen and oxygen atoms in total. The highest BCUT2D eigenvalue weighted by atomic mass is 14.6. The maximum Gasteiger partial charge on any atom is 0.0702 e. The Bertz CT molecular complexity index is 700. The van der Waals surface area contributed by atoms with Crippen molar-refractivity contribution in [1.29, 1.82) is 0 Å². The maximum absolute atomic E-state index is 5.87. The van der Waals surface area contributed by atoms with E-state index in [0.717, 1.165) is 16.5 Å². The van der Waals surface area contributed by atoms with Gasteiger partial charge in [-0.3, -0.25) is 4.98 Å². The average Bonchev–Trinajstić information content (AvgIpc) is 2.47. The first-order valence-electron chi connectivity index (χ1n) is 6.45. The lowest BCUT2D eigenvalue weighted by molar-refractivity contribution is 0.818. The summed E-state index contributed by atoms with van der Waals surface area (Å²) in [5.74, 6) is 0. The third-order valence-electron chi connectivity index (χ3n) is 3.37. The molecule has 0 spiro atoms. The topological polar surface area (TPSA) is 38.9 Å². The van der Waals surface area contributed by atoms with Crippen LogP contribution in [0.3, 0.4) is 0 Å². The van der Waals surface area contributed by atoms with Crippen molar-refractivity contribution in [3.05, 3.63) is 66.4 Å². The molecular weight excluding hydrogens is 232 g/mol. The lowest BCUT2D eigenvalue weighted by Crippen LogP contribution is -2.04. The molecule has 19 heavy (non-hydrogen) atoms. The highest BCUT2D eigenvalue weighted by Gasteiger charge is 2.02. The van der Waals surface area contributed by atoms with Gasteiger partial charge >= 0.3 is 0 Å². The van der Waals surface area contributed by atoms with E-state index in [2.05, 4.69) is 53.5 Å². The molecule has 0 aliphatic rings.